The lowest BCUT2D eigenvalue weighted by Crippen LogP contribution is -2.49. The molecule has 0 aliphatic heterocycles. The summed E-state index contributed by atoms with van der Waals surface area (Å²) in [6, 6.07) is -0.358. The molecule has 0 aromatic heterocycles. The zero-order chi connectivity index (χ0) is 9.84. The molecule has 1 aliphatic rings. The summed E-state index contributed by atoms with van der Waals surface area (Å²) in [5, 5.41) is 30.3. The topological polar surface area (TPSA) is 72.7 Å². The summed E-state index contributed by atoms with van der Waals surface area (Å²) in [5.74, 6) is 0. The lowest BCUT2D eigenvalue weighted by Gasteiger charge is -2.31. The molecule has 0 amide bonds. The van der Waals surface area contributed by atoms with Crippen LogP contribution in [0, 0.1) is 0 Å². The molecule has 1 saturated carbocycles. The van der Waals surface area contributed by atoms with Crippen molar-refractivity contribution in [2.75, 3.05) is 0 Å². The van der Waals surface area contributed by atoms with Gasteiger partial charge in [0.2, 0.25) is 0 Å². The van der Waals surface area contributed by atoms with Crippen molar-refractivity contribution in [1.29, 1.82) is 0 Å². The summed E-state index contributed by atoms with van der Waals surface area (Å²) in [6.07, 6.45) is 2.20. The Bertz CT molecular complexity index is 152. The van der Waals surface area contributed by atoms with Gasteiger partial charge in [-0.15, -0.1) is 0 Å². The lowest BCUT2D eigenvalue weighted by atomic mass is 9.92. The number of aliphatic hydroxyl groups is 3. The Morgan fingerprint density at radius 3 is 2.38 bits per heavy atom. The van der Waals surface area contributed by atoms with Crippen LogP contribution in [0.5, 0.6) is 0 Å². The van der Waals surface area contributed by atoms with Crippen molar-refractivity contribution in [1.82, 2.24) is 5.32 Å². The molecule has 13 heavy (non-hydrogen) atoms. The first kappa shape index (κ1) is 10.9. The van der Waals surface area contributed by atoms with E-state index in [1.54, 1.807) is 6.92 Å². The van der Waals surface area contributed by atoms with E-state index in [0.29, 0.717) is 0 Å². The predicted molar refractivity (Wildman–Crippen MR) is 49.1 cm³/mol. The third kappa shape index (κ3) is 3.23. The molecule has 1 rings (SSSR count). The average Bonchev–Trinajstić information content (AvgIpc) is 2.08. The normalized spacial score (nSPS) is 32.1. The summed E-state index contributed by atoms with van der Waals surface area (Å²) in [4.78, 5) is 0. The Morgan fingerprint density at radius 2 is 1.85 bits per heavy atom. The molecule has 0 saturated heterocycles. The van der Waals surface area contributed by atoms with Crippen LogP contribution in [0.3, 0.4) is 0 Å². The van der Waals surface area contributed by atoms with E-state index in [0.717, 1.165) is 25.7 Å². The predicted octanol–water partition coefficient (Wildman–Crippen LogP) is -0.421. The second-order valence-electron chi connectivity index (χ2n) is 3.83. The van der Waals surface area contributed by atoms with E-state index in [9.17, 15) is 5.11 Å². The Morgan fingerprint density at radius 1 is 1.23 bits per heavy atom. The first-order valence-electron chi connectivity index (χ1n) is 4.91. The molecule has 0 bridgehead atoms. The van der Waals surface area contributed by atoms with Crippen molar-refractivity contribution >= 4 is 0 Å². The van der Waals surface area contributed by atoms with Crippen LogP contribution in [0.1, 0.15) is 32.6 Å². The van der Waals surface area contributed by atoms with E-state index >= 15 is 0 Å². The van der Waals surface area contributed by atoms with E-state index in [1.165, 1.54) is 0 Å². The lowest BCUT2D eigenvalue weighted by molar-refractivity contribution is -0.0697. The van der Waals surface area contributed by atoms with E-state index in [2.05, 4.69) is 5.32 Å². The van der Waals surface area contributed by atoms with Gasteiger partial charge in [0, 0.05) is 6.04 Å². The van der Waals surface area contributed by atoms with E-state index in [4.69, 9.17) is 10.2 Å². The van der Waals surface area contributed by atoms with Gasteiger partial charge in [0.1, 0.15) is 0 Å². The van der Waals surface area contributed by atoms with Crippen LogP contribution in [0.4, 0.5) is 0 Å². The van der Waals surface area contributed by atoms with Gasteiger partial charge in [-0.05, 0) is 19.8 Å². The molecule has 1 fully saturated rings. The highest BCUT2D eigenvalue weighted by molar-refractivity contribution is 4.82. The van der Waals surface area contributed by atoms with Gasteiger partial charge in [-0.2, -0.15) is 0 Å². The van der Waals surface area contributed by atoms with Crippen molar-refractivity contribution in [2.45, 2.75) is 57.1 Å². The van der Waals surface area contributed by atoms with Crippen LogP contribution < -0.4 is 5.32 Å². The fraction of sp³-hybridized carbons (Fsp3) is 1.00. The van der Waals surface area contributed by atoms with E-state index in [-0.39, 0.29) is 18.2 Å². The number of nitrogens with one attached hydrogen (secondary N) is 1. The second kappa shape index (κ2) is 4.91. The smallest absolute Gasteiger partial charge is 0.166 e. The minimum atomic E-state index is -1.35. The van der Waals surface area contributed by atoms with Gasteiger partial charge in [0.15, 0.2) is 6.29 Å². The molecule has 78 valence electrons. The zero-order valence-corrected chi connectivity index (χ0v) is 7.98. The highest BCUT2D eigenvalue weighted by Crippen LogP contribution is 2.18. The van der Waals surface area contributed by atoms with Crippen molar-refractivity contribution in [3.8, 4) is 0 Å². The highest BCUT2D eigenvalue weighted by atomic mass is 16.5. The molecule has 4 nitrogen and oxygen atoms in total. The molecule has 4 heteroatoms. The summed E-state index contributed by atoms with van der Waals surface area (Å²) in [5.41, 5.74) is 0. The number of hydrogen-bond donors (Lipinski definition) is 4. The third-order valence-electron chi connectivity index (χ3n) is 2.65. The summed E-state index contributed by atoms with van der Waals surface area (Å²) < 4.78 is 0. The third-order valence-corrected chi connectivity index (χ3v) is 2.65. The number of hydrogen-bond acceptors (Lipinski definition) is 4. The monoisotopic (exact) mass is 189 g/mol. The molecule has 4 N–H and O–H groups in total. The van der Waals surface area contributed by atoms with Crippen molar-refractivity contribution in [3.05, 3.63) is 0 Å². The molecule has 0 spiro atoms. The van der Waals surface area contributed by atoms with Crippen molar-refractivity contribution in [2.24, 2.45) is 0 Å². The average molecular weight is 189 g/mol. The summed E-state index contributed by atoms with van der Waals surface area (Å²) >= 11 is 0. The van der Waals surface area contributed by atoms with Gasteiger partial charge in [0.05, 0.1) is 12.1 Å². The van der Waals surface area contributed by atoms with Crippen LogP contribution in [0.25, 0.3) is 0 Å². The Kier molecular flexibility index (Phi) is 4.12. The first-order chi connectivity index (χ1) is 6.11. The molecule has 0 radical (unpaired) electrons. The molecule has 3 unspecified atom stereocenters. The maximum Gasteiger partial charge on any atom is 0.166 e. The molecule has 0 aromatic carbocycles. The van der Waals surface area contributed by atoms with Crippen molar-refractivity contribution < 1.29 is 15.3 Å². The Balaban J connectivity index is 2.33. The van der Waals surface area contributed by atoms with Gasteiger partial charge in [-0.3, -0.25) is 0 Å². The zero-order valence-electron chi connectivity index (χ0n) is 7.98. The van der Waals surface area contributed by atoms with Crippen LogP contribution in [-0.4, -0.2) is 39.8 Å². The van der Waals surface area contributed by atoms with Crippen LogP contribution in [0.15, 0.2) is 0 Å². The fourth-order valence-corrected chi connectivity index (χ4v) is 1.73. The molecule has 0 aromatic rings. The maximum atomic E-state index is 9.57. The molecular formula is C9H19NO3. The van der Waals surface area contributed by atoms with Crippen molar-refractivity contribution in [3.63, 3.8) is 0 Å². The molecule has 0 heterocycles. The van der Waals surface area contributed by atoms with Crippen LogP contribution in [-0.2, 0) is 0 Å². The highest BCUT2D eigenvalue weighted by Gasteiger charge is 2.25. The van der Waals surface area contributed by atoms with Gasteiger partial charge in [0.25, 0.3) is 0 Å². The quantitative estimate of drug-likeness (QED) is 0.455. The van der Waals surface area contributed by atoms with Crippen LogP contribution in [0.2, 0.25) is 0 Å². The van der Waals surface area contributed by atoms with Crippen LogP contribution >= 0.6 is 0 Å². The first-order valence-corrected chi connectivity index (χ1v) is 4.91. The molecular weight excluding hydrogens is 170 g/mol. The Hall–Kier alpha value is -0.160. The largest absolute Gasteiger partial charge is 0.392 e. The summed E-state index contributed by atoms with van der Waals surface area (Å²) in [7, 11) is 0. The Labute approximate surface area is 78.6 Å². The fourth-order valence-electron chi connectivity index (χ4n) is 1.73. The van der Waals surface area contributed by atoms with Gasteiger partial charge in [-0.1, -0.05) is 12.8 Å². The standard InChI is InChI=1S/C9H19NO3/c1-6(9(12)13)10-7-4-2-3-5-8(7)11/h6-13H,2-5H2,1H3. The van der Waals surface area contributed by atoms with E-state index < -0.39 is 6.29 Å². The second-order valence-corrected chi connectivity index (χ2v) is 3.83. The maximum absolute atomic E-state index is 9.57. The van der Waals surface area contributed by atoms with Gasteiger partial charge in [-0.25, -0.2) is 0 Å². The molecule has 1 aliphatic carbocycles. The van der Waals surface area contributed by atoms with Gasteiger partial charge < -0.3 is 20.6 Å². The number of aliphatic hydroxyl groups excluding tert-OH is 2. The minimum absolute atomic E-state index is 0.0190. The summed E-state index contributed by atoms with van der Waals surface area (Å²) in [6.45, 7) is 1.70. The molecule has 3 atom stereocenters. The minimum Gasteiger partial charge on any atom is -0.392 e. The van der Waals surface area contributed by atoms with E-state index in [1.807, 2.05) is 0 Å². The number of rotatable bonds is 3. The van der Waals surface area contributed by atoms with Gasteiger partial charge >= 0.3 is 0 Å². The SMILES string of the molecule is CC(NC1CCCCC1O)C(O)O.